The molecule has 1 heterocycles. The van der Waals surface area contributed by atoms with Gasteiger partial charge in [0.25, 0.3) is 5.56 Å². The third kappa shape index (κ3) is 3.06. The molecule has 0 aliphatic heterocycles. The highest BCUT2D eigenvalue weighted by Crippen LogP contribution is 2.23. The van der Waals surface area contributed by atoms with Crippen LogP contribution in [0.1, 0.15) is 23.0 Å². The fraction of sp³-hybridized carbons (Fsp3) is 0.200. The van der Waals surface area contributed by atoms with Gasteiger partial charge in [-0.15, -0.1) is 0 Å². The van der Waals surface area contributed by atoms with E-state index in [4.69, 9.17) is 0 Å². The number of fused-ring (bicyclic) bond motifs is 1. The third-order valence-corrected chi connectivity index (χ3v) is 4.38. The van der Waals surface area contributed by atoms with Crippen molar-refractivity contribution in [3.8, 4) is 5.69 Å². The van der Waals surface area contributed by atoms with E-state index in [-0.39, 0.29) is 11.1 Å². The number of nitrogens with zero attached hydrogens (tertiary/aromatic N) is 2. The van der Waals surface area contributed by atoms with Gasteiger partial charge in [0, 0.05) is 23.0 Å². The van der Waals surface area contributed by atoms with Crippen molar-refractivity contribution in [2.45, 2.75) is 13.5 Å². The number of carbonyl (C=O) groups is 1. The lowest BCUT2D eigenvalue weighted by Gasteiger charge is -2.22. The van der Waals surface area contributed by atoms with Crippen LogP contribution in [0.25, 0.3) is 16.5 Å². The molecular weight excluding hydrogens is 316 g/mol. The van der Waals surface area contributed by atoms with Crippen LogP contribution in [-0.4, -0.2) is 34.1 Å². The first-order valence-electron chi connectivity index (χ1n) is 8.18. The Balaban J connectivity index is 2.47. The van der Waals surface area contributed by atoms with E-state index >= 15 is 0 Å². The lowest BCUT2D eigenvalue weighted by Crippen LogP contribution is -2.30. The number of aromatic carboxylic acids is 1. The number of pyridine rings is 1. The molecule has 0 unspecified atom stereocenters. The largest absolute Gasteiger partial charge is 0.478 e. The fourth-order valence-electron chi connectivity index (χ4n) is 3.00. The van der Waals surface area contributed by atoms with Gasteiger partial charge in [-0.2, -0.15) is 0 Å². The minimum Gasteiger partial charge on any atom is -0.478 e. The average molecular weight is 336 g/mol. The quantitative estimate of drug-likeness (QED) is 0.777. The van der Waals surface area contributed by atoms with Crippen LogP contribution in [0.3, 0.4) is 0 Å². The molecule has 0 fully saturated rings. The minimum absolute atomic E-state index is 0.180. The maximum Gasteiger partial charge on any atom is 0.338 e. The van der Waals surface area contributed by atoms with E-state index in [1.807, 2.05) is 49.2 Å². The maximum absolute atomic E-state index is 13.1. The van der Waals surface area contributed by atoms with Crippen LogP contribution in [0, 0.1) is 0 Å². The molecule has 1 aromatic heterocycles. The number of hydrogen-bond acceptors (Lipinski definition) is 3. The van der Waals surface area contributed by atoms with Crippen molar-refractivity contribution >= 4 is 16.7 Å². The van der Waals surface area contributed by atoms with Crippen LogP contribution in [0.15, 0.2) is 59.4 Å². The molecule has 3 rings (SSSR count). The molecule has 0 saturated carbocycles. The predicted molar refractivity (Wildman–Crippen MR) is 98.5 cm³/mol. The Labute approximate surface area is 145 Å². The summed E-state index contributed by atoms with van der Waals surface area (Å²) in [5.74, 6) is -1.03. The SMILES string of the molecule is CCN(C)Cc1c(C(=O)O)c2ccccc2c(=O)n1-c1ccccc1. The van der Waals surface area contributed by atoms with E-state index < -0.39 is 5.97 Å². The summed E-state index contributed by atoms with van der Waals surface area (Å²) < 4.78 is 1.53. The molecule has 0 saturated heterocycles. The highest BCUT2D eigenvalue weighted by Gasteiger charge is 2.22. The van der Waals surface area contributed by atoms with Gasteiger partial charge in [-0.25, -0.2) is 4.79 Å². The van der Waals surface area contributed by atoms with Gasteiger partial charge < -0.3 is 10.0 Å². The Hall–Kier alpha value is -2.92. The smallest absolute Gasteiger partial charge is 0.338 e. The molecule has 5 nitrogen and oxygen atoms in total. The maximum atomic E-state index is 13.1. The van der Waals surface area contributed by atoms with Crippen molar-refractivity contribution in [1.29, 1.82) is 0 Å². The fourth-order valence-corrected chi connectivity index (χ4v) is 3.00. The monoisotopic (exact) mass is 336 g/mol. The summed E-state index contributed by atoms with van der Waals surface area (Å²) >= 11 is 0. The Morgan fingerprint density at radius 2 is 1.64 bits per heavy atom. The molecule has 25 heavy (non-hydrogen) atoms. The lowest BCUT2D eigenvalue weighted by molar-refractivity contribution is 0.0696. The molecule has 0 aliphatic carbocycles. The molecule has 128 valence electrons. The first kappa shape index (κ1) is 16.9. The van der Waals surface area contributed by atoms with Gasteiger partial charge >= 0.3 is 5.97 Å². The summed E-state index contributed by atoms with van der Waals surface area (Å²) in [6, 6.07) is 16.1. The molecule has 0 bridgehead atoms. The van der Waals surface area contributed by atoms with Crippen molar-refractivity contribution in [1.82, 2.24) is 9.47 Å². The normalized spacial score (nSPS) is 11.2. The second kappa shape index (κ2) is 6.91. The highest BCUT2D eigenvalue weighted by atomic mass is 16.4. The van der Waals surface area contributed by atoms with Crippen molar-refractivity contribution in [2.75, 3.05) is 13.6 Å². The summed E-state index contributed by atoms with van der Waals surface area (Å²) in [4.78, 5) is 27.2. The molecule has 0 radical (unpaired) electrons. The zero-order valence-corrected chi connectivity index (χ0v) is 14.3. The topological polar surface area (TPSA) is 62.5 Å². The number of aromatic nitrogens is 1. The van der Waals surface area contributed by atoms with Gasteiger partial charge in [0.05, 0.1) is 11.3 Å². The Morgan fingerprint density at radius 3 is 2.24 bits per heavy atom. The van der Waals surface area contributed by atoms with Crippen LogP contribution in [0.2, 0.25) is 0 Å². The lowest BCUT2D eigenvalue weighted by atomic mass is 10.0. The molecule has 2 aromatic carbocycles. The van der Waals surface area contributed by atoms with Gasteiger partial charge in [0.15, 0.2) is 0 Å². The van der Waals surface area contributed by atoms with E-state index in [2.05, 4.69) is 0 Å². The van der Waals surface area contributed by atoms with Crippen LogP contribution in [0.4, 0.5) is 0 Å². The molecule has 0 aliphatic rings. The summed E-state index contributed by atoms with van der Waals surface area (Å²) in [7, 11) is 1.90. The summed E-state index contributed by atoms with van der Waals surface area (Å²) in [5, 5.41) is 10.8. The van der Waals surface area contributed by atoms with Crippen LogP contribution in [-0.2, 0) is 6.54 Å². The van der Waals surface area contributed by atoms with Crippen LogP contribution < -0.4 is 5.56 Å². The van der Waals surface area contributed by atoms with Crippen molar-refractivity contribution in [3.05, 3.63) is 76.2 Å². The summed E-state index contributed by atoms with van der Waals surface area (Å²) in [5.41, 5.74) is 1.14. The molecule has 5 heteroatoms. The summed E-state index contributed by atoms with van der Waals surface area (Å²) in [6.45, 7) is 3.11. The average Bonchev–Trinajstić information content (AvgIpc) is 2.62. The number of benzene rings is 2. The van der Waals surface area contributed by atoms with Crippen molar-refractivity contribution in [3.63, 3.8) is 0 Å². The molecule has 3 aromatic rings. The zero-order valence-electron chi connectivity index (χ0n) is 14.3. The molecule has 0 amide bonds. The second-order valence-corrected chi connectivity index (χ2v) is 5.98. The molecule has 0 atom stereocenters. The number of hydrogen-bond donors (Lipinski definition) is 1. The van der Waals surface area contributed by atoms with E-state index in [1.54, 1.807) is 24.3 Å². The standard InChI is InChI=1S/C20H20N2O3/c1-3-21(2)13-17-18(20(24)25)15-11-7-8-12-16(15)19(23)22(17)14-9-5-4-6-10-14/h4-12H,3,13H2,1-2H3,(H,24,25). The summed E-state index contributed by atoms with van der Waals surface area (Å²) in [6.07, 6.45) is 0. The Morgan fingerprint density at radius 1 is 1.04 bits per heavy atom. The zero-order chi connectivity index (χ0) is 18.0. The first-order valence-corrected chi connectivity index (χ1v) is 8.18. The predicted octanol–water partition coefficient (Wildman–Crippen LogP) is 3.14. The molecule has 1 N–H and O–H groups in total. The second-order valence-electron chi connectivity index (χ2n) is 5.98. The minimum atomic E-state index is -1.03. The molecular formula is C20H20N2O3. The molecule has 0 spiro atoms. The van der Waals surface area contributed by atoms with Crippen molar-refractivity contribution in [2.24, 2.45) is 0 Å². The van der Waals surface area contributed by atoms with Gasteiger partial charge in [0.1, 0.15) is 0 Å². The number of para-hydroxylation sites is 1. The van der Waals surface area contributed by atoms with Gasteiger partial charge in [-0.1, -0.05) is 43.3 Å². The first-order chi connectivity index (χ1) is 12.0. The van der Waals surface area contributed by atoms with E-state index in [1.165, 1.54) is 4.57 Å². The number of carboxylic acid groups (broad SMARTS) is 1. The third-order valence-electron chi connectivity index (χ3n) is 4.38. The number of carboxylic acids is 1. The van der Waals surface area contributed by atoms with Gasteiger partial charge in [-0.3, -0.25) is 9.36 Å². The van der Waals surface area contributed by atoms with Crippen molar-refractivity contribution < 1.29 is 9.90 Å². The Bertz CT molecular complexity index is 977. The van der Waals surface area contributed by atoms with E-state index in [0.29, 0.717) is 28.7 Å². The number of rotatable bonds is 5. The highest BCUT2D eigenvalue weighted by molar-refractivity contribution is 6.04. The van der Waals surface area contributed by atoms with Gasteiger partial charge in [-0.05, 0) is 31.8 Å². The van der Waals surface area contributed by atoms with E-state index in [0.717, 1.165) is 6.54 Å². The van der Waals surface area contributed by atoms with Crippen LogP contribution in [0.5, 0.6) is 0 Å². The van der Waals surface area contributed by atoms with Crippen LogP contribution >= 0.6 is 0 Å². The van der Waals surface area contributed by atoms with Gasteiger partial charge in [0.2, 0.25) is 0 Å². The van der Waals surface area contributed by atoms with E-state index in [9.17, 15) is 14.7 Å². The Kier molecular flexibility index (Phi) is 4.67.